The molecule has 0 unspecified atom stereocenters. The number of hydrogen-bond donors (Lipinski definition) is 0. The minimum absolute atomic E-state index is 0.0610. The molecule has 0 N–H and O–H groups in total. The van der Waals surface area contributed by atoms with E-state index in [1.807, 2.05) is 0 Å². The highest BCUT2D eigenvalue weighted by Crippen LogP contribution is 2.24. The van der Waals surface area contributed by atoms with Crippen LogP contribution in [0.3, 0.4) is 0 Å². The Kier molecular flexibility index (Phi) is 7.05. The topological polar surface area (TPSA) is 38.8 Å². The van der Waals surface area contributed by atoms with E-state index in [0.29, 0.717) is 13.0 Å². The summed E-state index contributed by atoms with van der Waals surface area (Å²) >= 11 is 0. The lowest BCUT2D eigenvalue weighted by Gasteiger charge is -2.23. The van der Waals surface area contributed by atoms with Gasteiger partial charge in [0, 0.05) is 19.4 Å². The second-order valence-corrected chi connectivity index (χ2v) is 5.96. The molecule has 0 aromatic rings. The van der Waals surface area contributed by atoms with Crippen LogP contribution in [-0.4, -0.2) is 49.8 Å². The molecule has 0 spiro atoms. The van der Waals surface area contributed by atoms with E-state index in [-0.39, 0.29) is 18.0 Å². The van der Waals surface area contributed by atoms with Gasteiger partial charge in [-0.3, -0.25) is 9.69 Å². The van der Waals surface area contributed by atoms with E-state index in [4.69, 9.17) is 9.47 Å². The third-order valence-electron chi connectivity index (χ3n) is 4.04. The maximum atomic E-state index is 11.8. The molecule has 2 rings (SSSR count). The van der Waals surface area contributed by atoms with E-state index < -0.39 is 0 Å². The summed E-state index contributed by atoms with van der Waals surface area (Å²) in [7, 11) is 0. The van der Waals surface area contributed by atoms with Gasteiger partial charge >= 0.3 is 5.97 Å². The highest BCUT2D eigenvalue weighted by Gasteiger charge is 2.33. The maximum absolute atomic E-state index is 11.8. The second-order valence-electron chi connectivity index (χ2n) is 5.96. The summed E-state index contributed by atoms with van der Waals surface area (Å²) in [6.07, 6.45) is 6.22. The van der Waals surface area contributed by atoms with Crippen molar-refractivity contribution < 1.29 is 14.3 Å². The van der Waals surface area contributed by atoms with Crippen LogP contribution in [0.5, 0.6) is 0 Å². The van der Waals surface area contributed by atoms with Crippen molar-refractivity contribution in [2.45, 2.75) is 51.6 Å². The van der Waals surface area contributed by atoms with Crippen molar-refractivity contribution in [2.24, 2.45) is 5.92 Å². The summed E-state index contributed by atoms with van der Waals surface area (Å²) in [6, 6.07) is 0. The third-order valence-corrected chi connectivity index (χ3v) is 4.04. The molecule has 21 heavy (non-hydrogen) atoms. The van der Waals surface area contributed by atoms with E-state index in [2.05, 4.69) is 23.7 Å². The minimum atomic E-state index is -0.104. The fraction of sp³-hybridized carbons (Fsp3) is 0.824. The Balaban J connectivity index is 1.65. The van der Waals surface area contributed by atoms with Gasteiger partial charge in [0.2, 0.25) is 0 Å². The predicted molar refractivity (Wildman–Crippen MR) is 81.8 cm³/mol. The number of piperidine rings is 1. The van der Waals surface area contributed by atoms with E-state index in [0.717, 1.165) is 39.1 Å². The summed E-state index contributed by atoms with van der Waals surface area (Å²) in [4.78, 5) is 14.2. The molecule has 0 aromatic heterocycles. The van der Waals surface area contributed by atoms with Crippen LogP contribution in [0.1, 0.15) is 45.4 Å². The van der Waals surface area contributed by atoms with Crippen LogP contribution in [0.2, 0.25) is 0 Å². The number of carbonyl (C=O) groups is 1. The number of likely N-dealkylation sites (tertiary alicyclic amines) is 1. The molecular formula is C17H27NO3. The zero-order chi connectivity index (χ0) is 14.9. The summed E-state index contributed by atoms with van der Waals surface area (Å²) in [5.74, 6) is 6.20. The number of carbonyl (C=O) groups excluding carboxylic acids is 1. The van der Waals surface area contributed by atoms with Crippen molar-refractivity contribution in [3.63, 3.8) is 0 Å². The van der Waals surface area contributed by atoms with E-state index in [1.165, 1.54) is 19.3 Å². The highest BCUT2D eigenvalue weighted by atomic mass is 16.6. The molecule has 2 aliphatic rings. The Hall–Kier alpha value is -1.05. The van der Waals surface area contributed by atoms with Crippen molar-refractivity contribution >= 4 is 5.97 Å². The minimum Gasteiger partial charge on any atom is -0.460 e. The van der Waals surface area contributed by atoms with Crippen LogP contribution in [0.15, 0.2) is 0 Å². The molecule has 2 atom stereocenters. The van der Waals surface area contributed by atoms with Crippen LogP contribution in [0.25, 0.3) is 0 Å². The predicted octanol–water partition coefficient (Wildman–Crippen LogP) is 2.22. The molecular weight excluding hydrogens is 266 g/mol. The number of cyclic esters (lactones) is 1. The van der Waals surface area contributed by atoms with E-state index in [9.17, 15) is 4.79 Å². The number of ether oxygens (including phenoxy) is 2. The molecule has 0 aromatic carbocycles. The normalized spacial score (nSPS) is 26.2. The first-order valence-electron chi connectivity index (χ1n) is 8.26. The van der Waals surface area contributed by atoms with Crippen molar-refractivity contribution in [1.82, 2.24) is 4.90 Å². The fourth-order valence-corrected chi connectivity index (χ4v) is 2.83. The van der Waals surface area contributed by atoms with Gasteiger partial charge in [0.1, 0.15) is 6.10 Å². The van der Waals surface area contributed by atoms with Crippen LogP contribution in [-0.2, 0) is 14.3 Å². The second kappa shape index (κ2) is 9.07. The molecule has 0 saturated carbocycles. The molecule has 4 heteroatoms. The largest absolute Gasteiger partial charge is 0.460 e. The molecule has 0 amide bonds. The van der Waals surface area contributed by atoms with Gasteiger partial charge < -0.3 is 9.47 Å². The molecule has 0 aliphatic carbocycles. The van der Waals surface area contributed by atoms with Crippen LogP contribution >= 0.6 is 0 Å². The highest BCUT2D eigenvalue weighted by molar-refractivity contribution is 5.75. The molecule has 4 nitrogen and oxygen atoms in total. The Bertz CT molecular complexity index is 379. The first-order valence-corrected chi connectivity index (χ1v) is 8.26. The van der Waals surface area contributed by atoms with Gasteiger partial charge in [0.15, 0.2) is 0 Å². The molecule has 0 bridgehead atoms. The quantitative estimate of drug-likeness (QED) is 0.428. The smallest absolute Gasteiger partial charge is 0.310 e. The summed E-state index contributed by atoms with van der Waals surface area (Å²) < 4.78 is 10.8. The molecule has 0 radical (unpaired) electrons. The van der Waals surface area contributed by atoms with Crippen molar-refractivity contribution in [3.05, 3.63) is 0 Å². The van der Waals surface area contributed by atoms with Crippen LogP contribution in [0.4, 0.5) is 0 Å². The zero-order valence-corrected chi connectivity index (χ0v) is 13.1. The standard InChI is InChI=1S/C17H27NO3/c1-2-12-20-14-16-13-15(17(19)21-16)8-4-7-11-18-9-5-3-6-10-18/h15-16H,2-3,5-6,8-14H2,1H3/t15-,16+/m0/s1. The van der Waals surface area contributed by atoms with Crippen molar-refractivity contribution in [3.8, 4) is 11.8 Å². The Morgan fingerprint density at radius 2 is 2.10 bits per heavy atom. The molecule has 2 fully saturated rings. The maximum Gasteiger partial charge on any atom is 0.310 e. The van der Waals surface area contributed by atoms with Crippen molar-refractivity contribution in [2.75, 3.05) is 32.8 Å². The molecule has 118 valence electrons. The third kappa shape index (κ3) is 5.68. The van der Waals surface area contributed by atoms with Gasteiger partial charge in [0.25, 0.3) is 0 Å². The summed E-state index contributed by atoms with van der Waals surface area (Å²) in [5, 5.41) is 0. The lowest BCUT2D eigenvalue weighted by atomic mass is 10.0. The lowest BCUT2D eigenvalue weighted by Crippen LogP contribution is -2.29. The van der Waals surface area contributed by atoms with Gasteiger partial charge in [-0.2, -0.15) is 0 Å². The van der Waals surface area contributed by atoms with Gasteiger partial charge in [-0.15, -0.1) is 5.92 Å². The van der Waals surface area contributed by atoms with Gasteiger partial charge in [-0.25, -0.2) is 0 Å². The van der Waals surface area contributed by atoms with Crippen molar-refractivity contribution in [1.29, 1.82) is 0 Å². The van der Waals surface area contributed by atoms with Crippen LogP contribution in [0, 0.1) is 17.8 Å². The van der Waals surface area contributed by atoms with Gasteiger partial charge in [0.05, 0.1) is 19.1 Å². The summed E-state index contributed by atoms with van der Waals surface area (Å²) in [6.45, 7) is 6.49. The first kappa shape index (κ1) is 16.3. The van der Waals surface area contributed by atoms with Crippen LogP contribution < -0.4 is 0 Å². The Morgan fingerprint density at radius 1 is 1.29 bits per heavy atom. The van der Waals surface area contributed by atoms with E-state index in [1.54, 1.807) is 0 Å². The number of esters is 1. The Labute approximate surface area is 128 Å². The average Bonchev–Trinajstić information content (AvgIpc) is 2.85. The monoisotopic (exact) mass is 293 g/mol. The summed E-state index contributed by atoms with van der Waals surface area (Å²) in [5.41, 5.74) is 0. The zero-order valence-electron chi connectivity index (χ0n) is 13.1. The number of nitrogens with zero attached hydrogens (tertiary/aromatic N) is 1. The molecule has 2 heterocycles. The average molecular weight is 293 g/mol. The van der Waals surface area contributed by atoms with E-state index >= 15 is 0 Å². The lowest BCUT2D eigenvalue weighted by molar-refractivity contribution is -0.146. The molecule has 2 aliphatic heterocycles. The fourth-order valence-electron chi connectivity index (χ4n) is 2.83. The first-order chi connectivity index (χ1) is 10.3. The number of rotatable bonds is 6. The van der Waals surface area contributed by atoms with Gasteiger partial charge in [-0.05, 0) is 32.4 Å². The number of hydrogen-bond acceptors (Lipinski definition) is 4. The Morgan fingerprint density at radius 3 is 2.86 bits per heavy atom. The van der Waals surface area contributed by atoms with Gasteiger partial charge in [-0.1, -0.05) is 19.3 Å². The SMILES string of the molecule is CCCOC[C@H]1C[C@H](CC#CCN2CCCCC2)C(=O)O1. The molecule has 2 saturated heterocycles.